The van der Waals surface area contributed by atoms with Crippen molar-refractivity contribution in [1.82, 2.24) is 10.2 Å². The molecule has 9 nitrogen and oxygen atoms in total. The van der Waals surface area contributed by atoms with E-state index in [1.54, 1.807) is 54.4 Å². The lowest BCUT2D eigenvalue weighted by molar-refractivity contribution is -0.134. The Labute approximate surface area is 245 Å². The summed E-state index contributed by atoms with van der Waals surface area (Å²) in [5, 5.41) is 6.04. The molecule has 3 amide bonds. The Hall–Kier alpha value is -4.37. The minimum absolute atomic E-state index is 0.0134. The molecule has 0 spiro atoms. The molecule has 3 aliphatic rings. The number of benzene rings is 3. The SMILES string of the molecule is COc1ccccc1C(=O)Nc1ccc2c(c1)C(=O)N(C)[C@H]1CC[C@@H](CC(=O)NC3Cc4ccccc4C3)O[C@H]1CO2. The number of carbonyl (C=O) groups is 3. The molecule has 0 aromatic heterocycles. The summed E-state index contributed by atoms with van der Waals surface area (Å²) in [7, 11) is 3.28. The van der Waals surface area contributed by atoms with Crippen molar-refractivity contribution >= 4 is 23.4 Å². The van der Waals surface area contributed by atoms with Crippen molar-refractivity contribution < 1.29 is 28.6 Å². The minimum Gasteiger partial charge on any atom is -0.496 e. The molecule has 218 valence electrons. The number of hydrogen-bond acceptors (Lipinski definition) is 6. The van der Waals surface area contributed by atoms with Gasteiger partial charge in [-0.3, -0.25) is 14.4 Å². The molecule has 3 aromatic carbocycles. The maximum atomic E-state index is 13.6. The van der Waals surface area contributed by atoms with Crippen LogP contribution in [0.3, 0.4) is 0 Å². The highest BCUT2D eigenvalue weighted by molar-refractivity contribution is 6.07. The van der Waals surface area contributed by atoms with Gasteiger partial charge in [0.05, 0.1) is 36.8 Å². The molecule has 42 heavy (non-hydrogen) atoms. The van der Waals surface area contributed by atoms with Crippen molar-refractivity contribution in [1.29, 1.82) is 0 Å². The van der Waals surface area contributed by atoms with Gasteiger partial charge in [0.1, 0.15) is 24.2 Å². The highest BCUT2D eigenvalue weighted by Crippen LogP contribution is 2.33. The lowest BCUT2D eigenvalue weighted by Gasteiger charge is -2.42. The number of methoxy groups -OCH3 is 1. The highest BCUT2D eigenvalue weighted by atomic mass is 16.5. The third kappa shape index (κ3) is 5.69. The van der Waals surface area contributed by atoms with E-state index in [0.717, 1.165) is 12.8 Å². The van der Waals surface area contributed by atoms with E-state index in [4.69, 9.17) is 14.2 Å². The Bertz CT molecular complexity index is 1480. The van der Waals surface area contributed by atoms with E-state index < -0.39 is 0 Å². The van der Waals surface area contributed by atoms with Crippen molar-refractivity contribution in [3.63, 3.8) is 0 Å². The standard InChI is InChI=1S/C33H35N3O6/c1-36-27-13-12-24(18-31(37)34-23-15-20-7-3-4-8-21(20)16-23)42-30(27)19-41-29-14-11-22(17-26(29)33(36)39)35-32(38)25-9-5-6-10-28(25)40-2/h3-11,14,17,23-24,27,30H,12-13,15-16,18-19H2,1-2H3,(H,34,37)(H,35,38)/t24-,27-,30-/m0/s1. The molecule has 0 saturated carbocycles. The average molecular weight is 570 g/mol. The van der Waals surface area contributed by atoms with Crippen molar-refractivity contribution in [3.8, 4) is 11.5 Å². The van der Waals surface area contributed by atoms with Gasteiger partial charge in [0, 0.05) is 18.8 Å². The molecule has 2 heterocycles. The topological polar surface area (TPSA) is 106 Å². The summed E-state index contributed by atoms with van der Waals surface area (Å²) in [5.74, 6) is 0.316. The van der Waals surface area contributed by atoms with Crippen molar-refractivity contribution in [3.05, 3.63) is 89.0 Å². The summed E-state index contributed by atoms with van der Waals surface area (Å²) in [6, 6.07) is 20.2. The van der Waals surface area contributed by atoms with E-state index in [1.165, 1.54) is 18.2 Å². The number of likely N-dealkylation sites (N-methyl/N-ethyl adjacent to an activating group) is 1. The number of ether oxygens (including phenoxy) is 3. The van der Waals surface area contributed by atoms with E-state index in [1.807, 2.05) is 12.1 Å². The quantitative estimate of drug-likeness (QED) is 0.465. The molecule has 0 bridgehead atoms. The summed E-state index contributed by atoms with van der Waals surface area (Å²) < 4.78 is 17.7. The molecule has 1 fully saturated rings. The number of hydrogen-bond donors (Lipinski definition) is 2. The van der Waals surface area contributed by atoms with E-state index in [0.29, 0.717) is 41.2 Å². The Morgan fingerprint density at radius 1 is 1.00 bits per heavy atom. The molecule has 2 N–H and O–H groups in total. The Kier molecular flexibility index (Phi) is 7.84. The van der Waals surface area contributed by atoms with Gasteiger partial charge in [-0.2, -0.15) is 0 Å². The number of nitrogens with one attached hydrogen (secondary N) is 2. The Morgan fingerprint density at radius 2 is 1.74 bits per heavy atom. The van der Waals surface area contributed by atoms with Gasteiger partial charge in [-0.05, 0) is 67.1 Å². The average Bonchev–Trinajstić information content (AvgIpc) is 3.41. The number of para-hydroxylation sites is 1. The van der Waals surface area contributed by atoms with Gasteiger partial charge in [-0.15, -0.1) is 0 Å². The zero-order valence-electron chi connectivity index (χ0n) is 23.8. The van der Waals surface area contributed by atoms with Crippen LogP contribution in [0.15, 0.2) is 66.7 Å². The first-order valence-electron chi connectivity index (χ1n) is 14.4. The number of rotatable bonds is 6. The van der Waals surface area contributed by atoms with Crippen LogP contribution in [-0.2, 0) is 22.4 Å². The number of amides is 3. The molecule has 1 saturated heterocycles. The normalized spacial score (nSPS) is 21.6. The van der Waals surface area contributed by atoms with Crippen molar-refractivity contribution in [2.24, 2.45) is 0 Å². The molecule has 1 aliphatic carbocycles. The molecular weight excluding hydrogens is 534 g/mol. The summed E-state index contributed by atoms with van der Waals surface area (Å²) in [6.45, 7) is 0.248. The lowest BCUT2D eigenvalue weighted by Crippen LogP contribution is -2.54. The van der Waals surface area contributed by atoms with Gasteiger partial charge in [-0.1, -0.05) is 36.4 Å². The van der Waals surface area contributed by atoms with Crippen LogP contribution in [0, 0.1) is 0 Å². The fourth-order valence-corrected chi connectivity index (χ4v) is 6.29. The zero-order chi connectivity index (χ0) is 29.2. The van der Waals surface area contributed by atoms with Crippen LogP contribution in [0.1, 0.15) is 51.1 Å². The molecule has 0 unspecified atom stereocenters. The van der Waals surface area contributed by atoms with Crippen molar-refractivity contribution in [2.75, 3.05) is 26.1 Å². The lowest BCUT2D eigenvalue weighted by atomic mass is 9.94. The number of carbonyl (C=O) groups excluding carboxylic acids is 3. The third-order valence-electron chi connectivity index (χ3n) is 8.45. The fraction of sp³-hybridized carbons (Fsp3) is 0.364. The molecule has 0 radical (unpaired) electrons. The predicted octanol–water partition coefficient (Wildman–Crippen LogP) is 4.00. The molecular formula is C33H35N3O6. The van der Waals surface area contributed by atoms with Gasteiger partial charge >= 0.3 is 0 Å². The predicted molar refractivity (Wildman–Crippen MR) is 157 cm³/mol. The molecule has 6 rings (SSSR count). The van der Waals surface area contributed by atoms with Crippen LogP contribution in [0.4, 0.5) is 5.69 Å². The second-order valence-corrected chi connectivity index (χ2v) is 11.2. The molecule has 3 atom stereocenters. The first kappa shape index (κ1) is 27.8. The highest BCUT2D eigenvalue weighted by Gasteiger charge is 2.39. The monoisotopic (exact) mass is 569 g/mol. The van der Waals surface area contributed by atoms with Crippen molar-refractivity contribution in [2.45, 2.75) is 56.4 Å². The van der Waals surface area contributed by atoms with E-state index in [-0.39, 0.29) is 55.0 Å². The van der Waals surface area contributed by atoms with Crippen LogP contribution < -0.4 is 20.1 Å². The van der Waals surface area contributed by atoms with Gasteiger partial charge < -0.3 is 29.7 Å². The summed E-state index contributed by atoms with van der Waals surface area (Å²) in [4.78, 5) is 41.1. The largest absolute Gasteiger partial charge is 0.496 e. The van der Waals surface area contributed by atoms with Gasteiger partial charge in [0.15, 0.2) is 0 Å². The summed E-state index contributed by atoms with van der Waals surface area (Å²) in [6.07, 6.45) is 2.74. The minimum atomic E-state index is -0.362. The smallest absolute Gasteiger partial charge is 0.259 e. The summed E-state index contributed by atoms with van der Waals surface area (Å²) in [5.41, 5.74) is 3.83. The van der Waals surface area contributed by atoms with Crippen LogP contribution in [0.5, 0.6) is 11.5 Å². The van der Waals surface area contributed by atoms with E-state index >= 15 is 0 Å². The van der Waals surface area contributed by atoms with E-state index in [2.05, 4.69) is 22.8 Å². The second kappa shape index (κ2) is 11.9. The fourth-order valence-electron chi connectivity index (χ4n) is 6.29. The molecule has 2 aliphatic heterocycles. The van der Waals surface area contributed by atoms with Crippen LogP contribution >= 0.6 is 0 Å². The van der Waals surface area contributed by atoms with E-state index in [9.17, 15) is 14.4 Å². The van der Waals surface area contributed by atoms with Gasteiger partial charge in [0.2, 0.25) is 5.91 Å². The Balaban J connectivity index is 1.09. The first-order chi connectivity index (χ1) is 20.4. The first-order valence-corrected chi connectivity index (χ1v) is 14.4. The number of fused-ring (bicyclic) bond motifs is 3. The summed E-state index contributed by atoms with van der Waals surface area (Å²) >= 11 is 0. The van der Waals surface area contributed by atoms with Crippen LogP contribution in [-0.4, -0.2) is 67.7 Å². The zero-order valence-corrected chi connectivity index (χ0v) is 23.8. The Morgan fingerprint density at radius 3 is 2.50 bits per heavy atom. The number of nitrogens with zero attached hydrogens (tertiary/aromatic N) is 1. The molecule has 3 aromatic rings. The maximum Gasteiger partial charge on any atom is 0.259 e. The molecule has 9 heteroatoms. The number of anilines is 1. The third-order valence-corrected chi connectivity index (χ3v) is 8.45. The van der Waals surface area contributed by atoms with Gasteiger partial charge in [-0.25, -0.2) is 0 Å². The van der Waals surface area contributed by atoms with Crippen LogP contribution in [0.2, 0.25) is 0 Å². The maximum absolute atomic E-state index is 13.6. The van der Waals surface area contributed by atoms with Crippen LogP contribution in [0.25, 0.3) is 0 Å². The van der Waals surface area contributed by atoms with Gasteiger partial charge in [0.25, 0.3) is 11.8 Å². The second-order valence-electron chi connectivity index (χ2n) is 11.2.